The van der Waals surface area contributed by atoms with Crippen LogP contribution in [-0.2, 0) is 0 Å². The number of rotatable bonds is 6. The van der Waals surface area contributed by atoms with Gasteiger partial charge >= 0.3 is 5.97 Å². The van der Waals surface area contributed by atoms with Crippen molar-refractivity contribution >= 4 is 34.0 Å². The fraction of sp³-hybridized carbons (Fsp3) is 0.0500. The van der Waals surface area contributed by atoms with Crippen LogP contribution in [0.4, 0.5) is 0 Å². The Morgan fingerprint density at radius 2 is 1.93 bits per heavy atom. The van der Waals surface area contributed by atoms with Gasteiger partial charge in [0.05, 0.1) is 30.1 Å². The van der Waals surface area contributed by atoms with E-state index in [0.717, 1.165) is 10.2 Å². The number of methoxy groups -OCH3 is 1. The Balaban J connectivity index is 1.76. The Morgan fingerprint density at radius 3 is 2.61 bits per heavy atom. The van der Waals surface area contributed by atoms with E-state index in [0.29, 0.717) is 17.0 Å². The quantitative estimate of drug-likeness (QED) is 0.450. The van der Waals surface area contributed by atoms with E-state index in [9.17, 15) is 9.59 Å². The summed E-state index contributed by atoms with van der Waals surface area (Å²) in [5.74, 6) is -0.942. The number of carbonyl (C=O) groups excluding carboxylic acids is 1. The Hall–Kier alpha value is -3.39. The summed E-state index contributed by atoms with van der Waals surface area (Å²) in [6, 6.07) is 15.2. The zero-order chi connectivity index (χ0) is 20.1. The molecule has 0 saturated carbocycles. The van der Waals surface area contributed by atoms with Gasteiger partial charge in [0, 0.05) is 16.4 Å². The van der Waals surface area contributed by atoms with Gasteiger partial charge in [-0.2, -0.15) is 5.10 Å². The molecule has 1 amide bonds. The maximum Gasteiger partial charge on any atom is 0.335 e. The number of hydrogen-bond acceptors (Lipinski definition) is 4. The van der Waals surface area contributed by atoms with E-state index in [4.69, 9.17) is 9.84 Å². The molecule has 3 aromatic rings. The Labute approximate surface area is 169 Å². The summed E-state index contributed by atoms with van der Waals surface area (Å²) in [5, 5.41) is 13.0. The molecular formula is C20H16BrN3O4. The number of carbonyl (C=O) groups is 2. The number of amides is 1. The summed E-state index contributed by atoms with van der Waals surface area (Å²) >= 11 is 3.33. The summed E-state index contributed by atoms with van der Waals surface area (Å²) < 4.78 is 7.77. The molecule has 28 heavy (non-hydrogen) atoms. The van der Waals surface area contributed by atoms with Crippen molar-refractivity contribution in [1.82, 2.24) is 9.99 Å². The van der Waals surface area contributed by atoms with Gasteiger partial charge in [-0.25, -0.2) is 10.2 Å². The first-order chi connectivity index (χ1) is 13.5. The molecule has 0 atom stereocenters. The highest BCUT2D eigenvalue weighted by Crippen LogP contribution is 2.22. The van der Waals surface area contributed by atoms with Crippen molar-refractivity contribution < 1.29 is 19.4 Å². The molecule has 7 nitrogen and oxygen atoms in total. The van der Waals surface area contributed by atoms with E-state index >= 15 is 0 Å². The van der Waals surface area contributed by atoms with Crippen LogP contribution in [0.5, 0.6) is 5.75 Å². The lowest BCUT2D eigenvalue weighted by Crippen LogP contribution is -2.18. The van der Waals surface area contributed by atoms with Crippen LogP contribution in [0.25, 0.3) is 5.69 Å². The van der Waals surface area contributed by atoms with Gasteiger partial charge in [-0.3, -0.25) is 4.79 Å². The molecule has 0 radical (unpaired) electrons. The lowest BCUT2D eigenvalue weighted by Gasteiger charge is -2.08. The minimum atomic E-state index is -0.980. The number of aromatic carboxylic acids is 1. The fourth-order valence-corrected chi connectivity index (χ4v) is 2.94. The number of nitrogens with zero attached hydrogens (tertiary/aromatic N) is 2. The fourth-order valence-electron chi connectivity index (χ4n) is 2.57. The molecule has 1 aromatic heterocycles. The van der Waals surface area contributed by atoms with Crippen LogP contribution >= 0.6 is 15.9 Å². The van der Waals surface area contributed by atoms with E-state index in [1.54, 1.807) is 30.3 Å². The molecule has 0 saturated heterocycles. The van der Waals surface area contributed by atoms with Crippen LogP contribution < -0.4 is 10.2 Å². The first kappa shape index (κ1) is 19.4. The van der Waals surface area contributed by atoms with Crippen molar-refractivity contribution in [2.75, 3.05) is 7.11 Å². The molecule has 142 valence electrons. The zero-order valence-electron chi connectivity index (χ0n) is 14.8. The monoisotopic (exact) mass is 441 g/mol. The second kappa shape index (κ2) is 8.53. The van der Waals surface area contributed by atoms with E-state index in [-0.39, 0.29) is 5.56 Å². The normalized spacial score (nSPS) is 10.8. The second-order valence-corrected chi connectivity index (χ2v) is 6.61. The van der Waals surface area contributed by atoms with E-state index in [1.165, 1.54) is 25.5 Å². The highest BCUT2D eigenvalue weighted by molar-refractivity contribution is 9.10. The number of hydrogen-bond donors (Lipinski definition) is 2. The van der Waals surface area contributed by atoms with Gasteiger partial charge in [0.1, 0.15) is 5.75 Å². The molecule has 0 spiro atoms. The Kier molecular flexibility index (Phi) is 5.90. The Morgan fingerprint density at radius 1 is 1.18 bits per heavy atom. The van der Waals surface area contributed by atoms with Gasteiger partial charge in [0.25, 0.3) is 5.91 Å². The number of benzene rings is 2. The first-order valence-corrected chi connectivity index (χ1v) is 8.97. The van der Waals surface area contributed by atoms with Crippen LogP contribution in [0, 0.1) is 0 Å². The summed E-state index contributed by atoms with van der Waals surface area (Å²) in [7, 11) is 1.49. The van der Waals surface area contributed by atoms with Crippen LogP contribution in [0.1, 0.15) is 26.4 Å². The number of hydrazone groups is 1. The van der Waals surface area contributed by atoms with Crippen molar-refractivity contribution in [2.24, 2.45) is 5.10 Å². The number of carboxylic acid groups (broad SMARTS) is 1. The van der Waals surface area contributed by atoms with Crippen LogP contribution in [0.2, 0.25) is 0 Å². The molecule has 0 aliphatic heterocycles. The third kappa shape index (κ3) is 4.29. The van der Waals surface area contributed by atoms with E-state index in [2.05, 4.69) is 26.5 Å². The number of nitrogens with one attached hydrogen (secondary N) is 1. The van der Waals surface area contributed by atoms with Crippen molar-refractivity contribution in [3.8, 4) is 11.4 Å². The van der Waals surface area contributed by atoms with Crippen LogP contribution in [0.15, 0.2) is 70.4 Å². The number of halogens is 1. The van der Waals surface area contributed by atoms with Crippen molar-refractivity contribution in [3.63, 3.8) is 0 Å². The van der Waals surface area contributed by atoms with Gasteiger partial charge in [0.2, 0.25) is 0 Å². The van der Waals surface area contributed by atoms with Crippen molar-refractivity contribution in [2.45, 2.75) is 0 Å². The zero-order valence-corrected chi connectivity index (χ0v) is 16.4. The maximum absolute atomic E-state index is 12.4. The summed E-state index contributed by atoms with van der Waals surface area (Å²) in [5.41, 5.74) is 4.53. The maximum atomic E-state index is 12.4. The van der Waals surface area contributed by atoms with Crippen molar-refractivity contribution in [1.29, 1.82) is 0 Å². The Bertz CT molecular complexity index is 1040. The smallest absolute Gasteiger partial charge is 0.335 e. The van der Waals surface area contributed by atoms with Gasteiger partial charge in [-0.05, 0) is 54.6 Å². The summed E-state index contributed by atoms with van der Waals surface area (Å²) in [4.78, 5) is 23.3. The first-order valence-electron chi connectivity index (χ1n) is 8.17. The van der Waals surface area contributed by atoms with E-state index < -0.39 is 11.9 Å². The largest absolute Gasteiger partial charge is 0.496 e. The number of carboxylic acids is 1. The lowest BCUT2D eigenvalue weighted by atomic mass is 10.2. The molecule has 0 fully saturated rings. The van der Waals surface area contributed by atoms with Gasteiger partial charge in [0.15, 0.2) is 0 Å². The third-order valence-corrected chi connectivity index (χ3v) is 4.44. The molecule has 0 unspecified atom stereocenters. The predicted octanol–water partition coefficient (Wildman–Crippen LogP) is 3.71. The third-order valence-electron chi connectivity index (χ3n) is 3.94. The molecule has 2 aromatic carbocycles. The molecule has 0 aliphatic carbocycles. The highest BCUT2D eigenvalue weighted by Gasteiger charge is 2.12. The molecule has 0 aliphatic rings. The van der Waals surface area contributed by atoms with Crippen molar-refractivity contribution in [3.05, 3.63) is 82.1 Å². The molecule has 3 rings (SSSR count). The number of aromatic nitrogens is 1. The molecule has 0 bridgehead atoms. The highest BCUT2D eigenvalue weighted by atomic mass is 79.9. The molecule has 8 heteroatoms. The second-order valence-electron chi connectivity index (χ2n) is 5.70. The molecule has 1 heterocycles. The predicted molar refractivity (Wildman–Crippen MR) is 108 cm³/mol. The van der Waals surface area contributed by atoms with Gasteiger partial charge in [-0.15, -0.1) is 0 Å². The summed E-state index contributed by atoms with van der Waals surface area (Å²) in [6.07, 6.45) is 3.32. The standard InChI is InChI=1S/C20H16BrN3O4/c1-28-18-9-6-14(21)11-17(18)19(25)23-22-12-16-3-2-10-24(16)15-7-4-13(5-8-15)20(26)27/h2-12H,1H3,(H,23,25)(H,26,27)/b22-12-. The van der Waals surface area contributed by atoms with E-state index in [1.807, 2.05) is 22.9 Å². The van der Waals surface area contributed by atoms with Gasteiger partial charge < -0.3 is 14.4 Å². The summed E-state index contributed by atoms with van der Waals surface area (Å²) in [6.45, 7) is 0. The van der Waals surface area contributed by atoms with Gasteiger partial charge in [-0.1, -0.05) is 15.9 Å². The topological polar surface area (TPSA) is 92.9 Å². The lowest BCUT2D eigenvalue weighted by molar-refractivity contribution is 0.0696. The minimum Gasteiger partial charge on any atom is -0.496 e. The number of ether oxygens (including phenoxy) is 1. The minimum absolute atomic E-state index is 0.210. The van der Waals surface area contributed by atoms with Crippen LogP contribution in [0.3, 0.4) is 0 Å². The van der Waals surface area contributed by atoms with Crippen LogP contribution in [-0.4, -0.2) is 34.9 Å². The molecular weight excluding hydrogens is 426 g/mol. The average Bonchev–Trinajstić information content (AvgIpc) is 3.16. The SMILES string of the molecule is COc1ccc(Br)cc1C(=O)N/N=C\c1cccn1-c1ccc(C(=O)O)cc1. The average molecular weight is 442 g/mol. The molecule has 2 N–H and O–H groups in total.